The lowest BCUT2D eigenvalue weighted by Gasteiger charge is -2.21. The molecule has 0 heterocycles. The molecule has 0 saturated carbocycles. The first-order valence-corrected chi connectivity index (χ1v) is 6.89. The molecule has 4 heteroatoms. The Kier molecular flexibility index (Phi) is 4.68. The molecule has 0 aliphatic carbocycles. The summed E-state index contributed by atoms with van der Waals surface area (Å²) in [6.07, 6.45) is 0. The van der Waals surface area contributed by atoms with E-state index in [1.54, 1.807) is 0 Å². The zero-order valence-electron chi connectivity index (χ0n) is 12.3. The topological polar surface area (TPSA) is 12.0 Å². The highest BCUT2D eigenvalue weighted by atomic mass is 19.1. The van der Waals surface area contributed by atoms with Gasteiger partial charge in [-0.15, -0.1) is 0 Å². The van der Waals surface area contributed by atoms with Crippen molar-refractivity contribution >= 4 is 0 Å². The van der Waals surface area contributed by atoms with Crippen molar-refractivity contribution in [2.24, 2.45) is 0 Å². The highest BCUT2D eigenvalue weighted by Crippen LogP contribution is 2.28. The van der Waals surface area contributed by atoms with Crippen LogP contribution in [0.2, 0.25) is 0 Å². The quantitative estimate of drug-likeness (QED) is 0.880. The highest BCUT2D eigenvalue weighted by molar-refractivity contribution is 5.38. The van der Waals surface area contributed by atoms with Crippen LogP contribution in [-0.2, 0) is 0 Å². The number of hydrogen-bond acceptors (Lipinski definition) is 1. The molecule has 0 bridgehead atoms. The molecular weight excluding hydrogens is 275 g/mol. The molecule has 21 heavy (non-hydrogen) atoms. The molecule has 0 amide bonds. The summed E-state index contributed by atoms with van der Waals surface area (Å²) in [7, 11) is 0. The van der Waals surface area contributed by atoms with Gasteiger partial charge in [0.15, 0.2) is 0 Å². The smallest absolute Gasteiger partial charge is 0.134 e. The van der Waals surface area contributed by atoms with Gasteiger partial charge in [0.25, 0.3) is 0 Å². The highest BCUT2D eigenvalue weighted by Gasteiger charge is 2.22. The fourth-order valence-corrected chi connectivity index (χ4v) is 2.36. The normalized spacial score (nSPS) is 12.5. The molecular formula is C17H18F3N. The minimum absolute atomic E-state index is 0.151. The maximum Gasteiger partial charge on any atom is 0.134 e. The standard InChI is InChI=1S/C17H18F3N/c1-4-21-17(12-6-5-10(2)11(3)7-12)16-14(19)8-13(18)9-15(16)20/h5-9,17,21H,4H2,1-3H3. The Bertz CT molecular complexity index is 629. The molecule has 0 saturated heterocycles. The molecule has 0 aliphatic rings. The van der Waals surface area contributed by atoms with Crippen LogP contribution in [0.5, 0.6) is 0 Å². The van der Waals surface area contributed by atoms with Gasteiger partial charge in [-0.2, -0.15) is 0 Å². The Morgan fingerprint density at radius 3 is 2.10 bits per heavy atom. The molecule has 2 aromatic carbocycles. The molecule has 1 unspecified atom stereocenters. The van der Waals surface area contributed by atoms with Crippen molar-refractivity contribution in [3.05, 3.63) is 70.0 Å². The van der Waals surface area contributed by atoms with Crippen LogP contribution >= 0.6 is 0 Å². The predicted octanol–water partition coefficient (Wildman–Crippen LogP) is 4.42. The summed E-state index contributed by atoms with van der Waals surface area (Å²) in [6.45, 7) is 6.31. The van der Waals surface area contributed by atoms with Crippen LogP contribution < -0.4 is 5.32 Å². The van der Waals surface area contributed by atoms with Crippen LogP contribution in [0, 0.1) is 31.3 Å². The van der Waals surface area contributed by atoms with E-state index in [0.717, 1.165) is 16.7 Å². The maximum atomic E-state index is 14.0. The number of rotatable bonds is 4. The van der Waals surface area contributed by atoms with Gasteiger partial charge in [0.2, 0.25) is 0 Å². The molecule has 2 aromatic rings. The molecule has 0 aliphatic heterocycles. The van der Waals surface area contributed by atoms with Crippen molar-refractivity contribution in [3.63, 3.8) is 0 Å². The van der Waals surface area contributed by atoms with Gasteiger partial charge in [-0.05, 0) is 37.1 Å². The van der Waals surface area contributed by atoms with Crippen LogP contribution in [0.1, 0.15) is 35.2 Å². The van der Waals surface area contributed by atoms with Crippen LogP contribution in [0.25, 0.3) is 0 Å². The molecule has 0 aromatic heterocycles. The number of nitrogens with one attached hydrogen (secondary N) is 1. The Morgan fingerprint density at radius 1 is 0.952 bits per heavy atom. The lowest BCUT2D eigenvalue weighted by molar-refractivity contribution is 0.492. The molecule has 0 spiro atoms. The SMILES string of the molecule is CCNC(c1ccc(C)c(C)c1)c1c(F)cc(F)cc1F. The zero-order chi connectivity index (χ0) is 15.6. The summed E-state index contributed by atoms with van der Waals surface area (Å²) < 4.78 is 41.1. The average Bonchev–Trinajstić information content (AvgIpc) is 2.40. The molecule has 1 atom stereocenters. The molecule has 0 fully saturated rings. The Labute approximate surface area is 122 Å². The fraction of sp³-hybridized carbons (Fsp3) is 0.294. The summed E-state index contributed by atoms with van der Waals surface area (Å²) in [4.78, 5) is 0. The van der Waals surface area contributed by atoms with E-state index >= 15 is 0 Å². The molecule has 2 rings (SSSR count). The lowest BCUT2D eigenvalue weighted by Crippen LogP contribution is -2.24. The van der Waals surface area contributed by atoms with Gasteiger partial charge in [0, 0.05) is 17.7 Å². The largest absolute Gasteiger partial charge is 0.306 e. The second kappa shape index (κ2) is 6.31. The van der Waals surface area contributed by atoms with Gasteiger partial charge in [0.05, 0.1) is 6.04 Å². The van der Waals surface area contributed by atoms with Gasteiger partial charge in [-0.25, -0.2) is 13.2 Å². The van der Waals surface area contributed by atoms with Gasteiger partial charge >= 0.3 is 0 Å². The van der Waals surface area contributed by atoms with Crippen molar-refractivity contribution in [2.75, 3.05) is 6.54 Å². The summed E-state index contributed by atoms with van der Waals surface area (Å²) in [5.74, 6) is -2.67. The molecule has 1 nitrogen and oxygen atoms in total. The molecule has 1 N–H and O–H groups in total. The Hall–Kier alpha value is -1.81. The first kappa shape index (κ1) is 15.6. The van der Waals surface area contributed by atoms with Crippen molar-refractivity contribution in [3.8, 4) is 0 Å². The third-order valence-electron chi connectivity index (χ3n) is 3.61. The van der Waals surface area contributed by atoms with E-state index in [9.17, 15) is 13.2 Å². The minimum Gasteiger partial charge on any atom is -0.306 e. The van der Waals surface area contributed by atoms with E-state index < -0.39 is 23.5 Å². The third-order valence-corrected chi connectivity index (χ3v) is 3.61. The van der Waals surface area contributed by atoms with E-state index in [4.69, 9.17) is 0 Å². The minimum atomic E-state index is -0.913. The van der Waals surface area contributed by atoms with E-state index in [1.165, 1.54) is 0 Å². The van der Waals surface area contributed by atoms with E-state index in [0.29, 0.717) is 18.7 Å². The number of aryl methyl sites for hydroxylation is 2. The monoisotopic (exact) mass is 293 g/mol. The van der Waals surface area contributed by atoms with Crippen molar-refractivity contribution in [1.82, 2.24) is 5.32 Å². The van der Waals surface area contributed by atoms with Gasteiger partial charge in [0.1, 0.15) is 17.5 Å². The van der Waals surface area contributed by atoms with Crippen LogP contribution in [0.4, 0.5) is 13.2 Å². The summed E-state index contributed by atoms with van der Waals surface area (Å²) in [6, 6.07) is 6.42. The van der Waals surface area contributed by atoms with Gasteiger partial charge < -0.3 is 5.32 Å². The second-order valence-corrected chi connectivity index (χ2v) is 5.12. The summed E-state index contributed by atoms with van der Waals surface area (Å²) >= 11 is 0. The molecule has 0 radical (unpaired) electrons. The van der Waals surface area contributed by atoms with Gasteiger partial charge in [-0.3, -0.25) is 0 Å². The summed E-state index contributed by atoms with van der Waals surface area (Å²) in [5, 5.41) is 3.06. The molecule has 112 valence electrons. The maximum absolute atomic E-state index is 14.0. The van der Waals surface area contributed by atoms with Crippen LogP contribution in [-0.4, -0.2) is 6.54 Å². The Balaban J connectivity index is 2.55. The first-order valence-electron chi connectivity index (χ1n) is 6.89. The lowest BCUT2D eigenvalue weighted by atomic mass is 9.94. The first-order chi connectivity index (χ1) is 9.93. The van der Waals surface area contributed by atoms with Gasteiger partial charge in [-0.1, -0.05) is 25.1 Å². The van der Waals surface area contributed by atoms with Crippen LogP contribution in [0.15, 0.2) is 30.3 Å². The third kappa shape index (κ3) is 3.27. The van der Waals surface area contributed by atoms with Crippen LogP contribution in [0.3, 0.4) is 0 Å². The number of benzene rings is 2. The van der Waals surface area contributed by atoms with E-state index in [1.807, 2.05) is 39.0 Å². The van der Waals surface area contributed by atoms with E-state index in [-0.39, 0.29) is 5.56 Å². The van der Waals surface area contributed by atoms with Crippen molar-refractivity contribution in [2.45, 2.75) is 26.8 Å². The number of halogens is 3. The fourth-order valence-electron chi connectivity index (χ4n) is 2.36. The van der Waals surface area contributed by atoms with Crippen molar-refractivity contribution < 1.29 is 13.2 Å². The predicted molar refractivity (Wildman–Crippen MR) is 77.8 cm³/mol. The second-order valence-electron chi connectivity index (χ2n) is 5.12. The number of hydrogen-bond donors (Lipinski definition) is 1. The van der Waals surface area contributed by atoms with E-state index in [2.05, 4.69) is 5.32 Å². The zero-order valence-corrected chi connectivity index (χ0v) is 12.3. The van der Waals surface area contributed by atoms with Crippen molar-refractivity contribution in [1.29, 1.82) is 0 Å². The Morgan fingerprint density at radius 2 is 1.57 bits per heavy atom. The summed E-state index contributed by atoms with van der Waals surface area (Å²) in [5.41, 5.74) is 2.75. The average molecular weight is 293 g/mol.